The van der Waals surface area contributed by atoms with Crippen molar-refractivity contribution in [1.82, 2.24) is 4.90 Å². The van der Waals surface area contributed by atoms with Crippen LogP contribution in [0.3, 0.4) is 0 Å². The molecule has 0 aromatic heterocycles. The van der Waals surface area contributed by atoms with Gasteiger partial charge in [-0.25, -0.2) is 0 Å². The molecule has 0 aromatic rings. The van der Waals surface area contributed by atoms with E-state index in [1.165, 1.54) is 26.4 Å². The van der Waals surface area contributed by atoms with E-state index < -0.39 is 0 Å². The van der Waals surface area contributed by atoms with Crippen LogP contribution in [-0.4, -0.2) is 37.1 Å². The van der Waals surface area contributed by atoms with E-state index in [1.807, 2.05) is 0 Å². The number of rotatable bonds is 6. The lowest BCUT2D eigenvalue weighted by Gasteiger charge is -2.34. The molecule has 1 fully saturated rings. The van der Waals surface area contributed by atoms with E-state index >= 15 is 0 Å². The van der Waals surface area contributed by atoms with Gasteiger partial charge in [0, 0.05) is 12.6 Å². The highest BCUT2D eigenvalue weighted by Crippen LogP contribution is 2.27. The van der Waals surface area contributed by atoms with E-state index in [4.69, 9.17) is 4.74 Å². The Bertz CT molecular complexity index is 202. The first-order chi connectivity index (χ1) is 7.17. The van der Waals surface area contributed by atoms with E-state index in [0.717, 1.165) is 19.0 Å². The lowest BCUT2D eigenvalue weighted by molar-refractivity contribution is -0.142. The van der Waals surface area contributed by atoms with Crippen LogP contribution in [0, 0.1) is 5.92 Å². The molecule has 0 radical (unpaired) electrons. The number of methoxy groups -OCH3 is 1. The second kappa shape index (κ2) is 6.11. The number of carbonyl (C=O) groups is 1. The molecule has 0 amide bonds. The number of hydrogen-bond donors (Lipinski definition) is 0. The molecule has 1 aliphatic rings. The first-order valence-electron chi connectivity index (χ1n) is 5.98. The molecule has 0 aliphatic heterocycles. The van der Waals surface area contributed by atoms with Gasteiger partial charge in [0.2, 0.25) is 0 Å². The van der Waals surface area contributed by atoms with Crippen LogP contribution in [-0.2, 0) is 9.53 Å². The van der Waals surface area contributed by atoms with Gasteiger partial charge in [-0.05, 0) is 32.2 Å². The number of esters is 1. The van der Waals surface area contributed by atoms with Crippen LogP contribution in [0.1, 0.15) is 39.5 Å². The zero-order valence-corrected chi connectivity index (χ0v) is 10.2. The van der Waals surface area contributed by atoms with Gasteiger partial charge < -0.3 is 9.64 Å². The van der Waals surface area contributed by atoms with Gasteiger partial charge in [-0.15, -0.1) is 0 Å². The van der Waals surface area contributed by atoms with E-state index in [0.29, 0.717) is 12.5 Å². The normalized spacial score (nSPS) is 18.7. The van der Waals surface area contributed by atoms with Crippen molar-refractivity contribution in [3.63, 3.8) is 0 Å². The van der Waals surface area contributed by atoms with Crippen LogP contribution in [0.4, 0.5) is 0 Å². The Kier molecular flexibility index (Phi) is 5.09. The monoisotopic (exact) mass is 213 g/mol. The van der Waals surface area contributed by atoms with Crippen molar-refractivity contribution in [1.29, 1.82) is 0 Å². The van der Waals surface area contributed by atoms with Crippen molar-refractivity contribution < 1.29 is 9.53 Å². The number of carbonyl (C=O) groups excluding carboxylic acids is 1. The molecule has 1 unspecified atom stereocenters. The average Bonchev–Trinajstić information content (AvgIpc) is 2.16. The van der Waals surface area contributed by atoms with Gasteiger partial charge in [0.15, 0.2) is 0 Å². The molecular formula is C12H23NO2. The average molecular weight is 213 g/mol. The Morgan fingerprint density at radius 3 is 2.60 bits per heavy atom. The van der Waals surface area contributed by atoms with Crippen molar-refractivity contribution in [2.45, 2.75) is 45.6 Å². The zero-order chi connectivity index (χ0) is 11.3. The van der Waals surface area contributed by atoms with Crippen LogP contribution in [0.5, 0.6) is 0 Å². The van der Waals surface area contributed by atoms with E-state index in [9.17, 15) is 4.79 Å². The molecular weight excluding hydrogens is 190 g/mol. The van der Waals surface area contributed by atoms with Crippen molar-refractivity contribution in [3.05, 3.63) is 0 Å². The lowest BCUT2D eigenvalue weighted by Crippen LogP contribution is -2.39. The topological polar surface area (TPSA) is 29.5 Å². The fourth-order valence-electron chi connectivity index (χ4n) is 2.08. The van der Waals surface area contributed by atoms with Gasteiger partial charge in [0.05, 0.1) is 13.5 Å². The summed E-state index contributed by atoms with van der Waals surface area (Å²) in [6.07, 6.45) is 4.62. The molecule has 3 heteroatoms. The van der Waals surface area contributed by atoms with Crippen molar-refractivity contribution in [2.75, 3.05) is 20.2 Å². The van der Waals surface area contributed by atoms with Gasteiger partial charge in [-0.1, -0.05) is 13.3 Å². The molecule has 1 saturated carbocycles. The molecule has 0 N–H and O–H groups in total. The molecule has 0 aromatic carbocycles. The third kappa shape index (κ3) is 3.82. The molecule has 1 atom stereocenters. The second-order valence-corrected chi connectivity index (χ2v) is 4.51. The summed E-state index contributed by atoms with van der Waals surface area (Å²) < 4.78 is 4.70. The van der Waals surface area contributed by atoms with Gasteiger partial charge in [0.1, 0.15) is 0 Å². The standard InChI is InChI=1S/C12H23NO2/c1-4-13(9-11-6-5-7-11)10(2)8-12(14)15-3/h10-11H,4-9H2,1-3H3. The smallest absolute Gasteiger partial charge is 0.307 e. The van der Waals surface area contributed by atoms with E-state index in [1.54, 1.807) is 0 Å². The Morgan fingerprint density at radius 2 is 2.20 bits per heavy atom. The maximum absolute atomic E-state index is 11.2. The van der Waals surface area contributed by atoms with Crippen LogP contribution < -0.4 is 0 Å². The van der Waals surface area contributed by atoms with Crippen LogP contribution >= 0.6 is 0 Å². The van der Waals surface area contributed by atoms with Crippen LogP contribution in [0.25, 0.3) is 0 Å². The van der Waals surface area contributed by atoms with Gasteiger partial charge in [-0.3, -0.25) is 4.79 Å². The Labute approximate surface area is 92.8 Å². The van der Waals surface area contributed by atoms with Gasteiger partial charge in [-0.2, -0.15) is 0 Å². The maximum Gasteiger partial charge on any atom is 0.307 e. The summed E-state index contributed by atoms with van der Waals surface area (Å²) in [5, 5.41) is 0. The number of ether oxygens (including phenoxy) is 1. The molecule has 0 saturated heterocycles. The first-order valence-corrected chi connectivity index (χ1v) is 5.98. The van der Waals surface area contributed by atoms with Crippen molar-refractivity contribution in [2.24, 2.45) is 5.92 Å². The molecule has 3 nitrogen and oxygen atoms in total. The minimum absolute atomic E-state index is 0.102. The van der Waals surface area contributed by atoms with E-state index in [2.05, 4.69) is 18.7 Å². The summed E-state index contributed by atoms with van der Waals surface area (Å²) in [6.45, 7) is 6.44. The van der Waals surface area contributed by atoms with Crippen LogP contribution in [0.2, 0.25) is 0 Å². The molecule has 15 heavy (non-hydrogen) atoms. The fourth-order valence-corrected chi connectivity index (χ4v) is 2.08. The molecule has 0 spiro atoms. The largest absolute Gasteiger partial charge is 0.469 e. The Morgan fingerprint density at radius 1 is 1.53 bits per heavy atom. The summed E-state index contributed by atoms with van der Waals surface area (Å²) in [4.78, 5) is 13.6. The zero-order valence-electron chi connectivity index (χ0n) is 10.2. The third-order valence-corrected chi connectivity index (χ3v) is 3.44. The molecule has 0 heterocycles. The predicted octanol–water partition coefficient (Wildman–Crippen LogP) is 2.06. The molecule has 0 bridgehead atoms. The molecule has 1 aliphatic carbocycles. The first kappa shape index (κ1) is 12.5. The predicted molar refractivity (Wildman–Crippen MR) is 60.7 cm³/mol. The minimum atomic E-state index is -0.102. The fraction of sp³-hybridized carbons (Fsp3) is 0.917. The highest BCUT2D eigenvalue weighted by molar-refractivity contribution is 5.69. The molecule has 88 valence electrons. The van der Waals surface area contributed by atoms with Gasteiger partial charge >= 0.3 is 5.97 Å². The molecule has 1 rings (SSSR count). The quantitative estimate of drug-likeness (QED) is 0.632. The van der Waals surface area contributed by atoms with Gasteiger partial charge in [0.25, 0.3) is 0 Å². The number of nitrogens with zero attached hydrogens (tertiary/aromatic N) is 1. The summed E-state index contributed by atoms with van der Waals surface area (Å²) in [5.74, 6) is 0.764. The minimum Gasteiger partial charge on any atom is -0.469 e. The van der Waals surface area contributed by atoms with Crippen molar-refractivity contribution >= 4 is 5.97 Å². The van der Waals surface area contributed by atoms with Crippen LogP contribution in [0.15, 0.2) is 0 Å². The summed E-state index contributed by atoms with van der Waals surface area (Å²) in [7, 11) is 1.46. The Hall–Kier alpha value is -0.570. The Balaban J connectivity index is 2.31. The summed E-state index contributed by atoms with van der Waals surface area (Å²) in [6, 6.07) is 0.308. The second-order valence-electron chi connectivity index (χ2n) is 4.51. The summed E-state index contributed by atoms with van der Waals surface area (Å²) in [5.41, 5.74) is 0. The summed E-state index contributed by atoms with van der Waals surface area (Å²) >= 11 is 0. The van der Waals surface area contributed by atoms with E-state index in [-0.39, 0.29) is 5.97 Å². The SMILES string of the molecule is CCN(CC1CCC1)C(C)CC(=O)OC. The highest BCUT2D eigenvalue weighted by atomic mass is 16.5. The lowest BCUT2D eigenvalue weighted by atomic mass is 9.85. The maximum atomic E-state index is 11.2. The highest BCUT2D eigenvalue weighted by Gasteiger charge is 2.23. The van der Waals surface area contributed by atoms with Crippen molar-refractivity contribution in [3.8, 4) is 0 Å². The number of hydrogen-bond acceptors (Lipinski definition) is 3. The third-order valence-electron chi connectivity index (χ3n) is 3.44.